The van der Waals surface area contributed by atoms with Crippen LogP contribution in [0.4, 0.5) is 11.4 Å². The van der Waals surface area contributed by atoms with Crippen LogP contribution in [-0.2, 0) is 9.59 Å². The van der Waals surface area contributed by atoms with Crippen molar-refractivity contribution in [1.29, 1.82) is 0 Å². The van der Waals surface area contributed by atoms with Gasteiger partial charge in [-0.05, 0) is 67.4 Å². The molecule has 0 atom stereocenters. The van der Waals surface area contributed by atoms with Gasteiger partial charge >= 0.3 is 5.97 Å². The minimum absolute atomic E-state index is 0.0334. The van der Waals surface area contributed by atoms with Gasteiger partial charge in [0.05, 0.1) is 16.3 Å². The van der Waals surface area contributed by atoms with E-state index in [-0.39, 0.29) is 22.0 Å². The molecule has 3 aromatic carbocycles. The fraction of sp³-hybridized carbons (Fsp3) is 0.0800. The number of rotatable bonds is 5. The fourth-order valence-corrected chi connectivity index (χ4v) is 3.70. The van der Waals surface area contributed by atoms with E-state index in [2.05, 4.69) is 5.32 Å². The van der Waals surface area contributed by atoms with E-state index in [1.165, 1.54) is 12.1 Å². The Labute approximate surface area is 200 Å². The third-order valence-corrected chi connectivity index (χ3v) is 5.72. The first-order chi connectivity index (χ1) is 15.8. The molecule has 1 aliphatic heterocycles. The molecule has 0 fully saturated rings. The lowest BCUT2D eigenvalue weighted by molar-refractivity contribution is -0.120. The number of nitrogens with one attached hydrogen (secondary N) is 1. The van der Waals surface area contributed by atoms with Crippen LogP contribution in [0.1, 0.15) is 21.5 Å². The molecule has 33 heavy (non-hydrogen) atoms. The highest BCUT2D eigenvalue weighted by Crippen LogP contribution is 2.32. The van der Waals surface area contributed by atoms with Gasteiger partial charge in [-0.1, -0.05) is 47.5 Å². The smallest absolute Gasteiger partial charge is 0.343 e. The highest BCUT2D eigenvalue weighted by molar-refractivity contribution is 6.53. The number of aryl methyl sites for hydroxylation is 2. The zero-order valence-electron chi connectivity index (χ0n) is 17.7. The number of ether oxygens (including phenoxy) is 1. The van der Waals surface area contributed by atoms with E-state index in [4.69, 9.17) is 27.9 Å². The Morgan fingerprint density at radius 1 is 0.909 bits per heavy atom. The Balaban J connectivity index is 1.51. The summed E-state index contributed by atoms with van der Waals surface area (Å²) in [7, 11) is 0. The molecule has 0 aromatic heterocycles. The fourth-order valence-electron chi connectivity index (χ4n) is 3.31. The van der Waals surface area contributed by atoms with E-state index in [0.29, 0.717) is 16.4 Å². The molecule has 1 aliphatic rings. The van der Waals surface area contributed by atoms with E-state index in [1.54, 1.807) is 42.5 Å². The van der Waals surface area contributed by atoms with Crippen LogP contribution in [0.25, 0.3) is 0 Å². The third-order valence-electron chi connectivity index (χ3n) is 5.06. The lowest BCUT2D eigenvalue weighted by Gasteiger charge is -2.18. The number of carbonyl (C=O) groups excluding carboxylic acids is 3. The molecular weight excluding hydrogens is 463 g/mol. The number of benzene rings is 3. The standard InChI is InChI=1S/C25H18Cl2N2O4/c1-14-7-8-15(2)19(13-14)29-23(30)21(27)22(24(29)31)28-17-11-9-16(10-12-17)25(32)33-20-6-4-3-5-18(20)26/h3-13,28H,1-2H3. The van der Waals surface area contributed by atoms with Crippen molar-refractivity contribution < 1.29 is 19.1 Å². The van der Waals surface area contributed by atoms with Gasteiger partial charge in [0.1, 0.15) is 16.5 Å². The van der Waals surface area contributed by atoms with Gasteiger partial charge in [-0.2, -0.15) is 0 Å². The second-order valence-electron chi connectivity index (χ2n) is 7.45. The van der Waals surface area contributed by atoms with Gasteiger partial charge in [0.25, 0.3) is 11.8 Å². The van der Waals surface area contributed by atoms with E-state index >= 15 is 0 Å². The van der Waals surface area contributed by atoms with Crippen molar-refractivity contribution in [2.45, 2.75) is 13.8 Å². The summed E-state index contributed by atoms with van der Waals surface area (Å²) in [6.45, 7) is 3.69. The Bertz CT molecular complexity index is 1320. The number of hydrogen-bond acceptors (Lipinski definition) is 5. The van der Waals surface area contributed by atoms with Crippen LogP contribution < -0.4 is 15.0 Å². The van der Waals surface area contributed by atoms with E-state index < -0.39 is 17.8 Å². The SMILES string of the molecule is Cc1ccc(C)c(N2C(=O)C(Cl)=C(Nc3ccc(C(=O)Oc4ccccc4Cl)cc3)C2=O)c1. The lowest BCUT2D eigenvalue weighted by atomic mass is 10.1. The maximum absolute atomic E-state index is 13.0. The molecule has 0 saturated carbocycles. The summed E-state index contributed by atoms with van der Waals surface area (Å²) in [4.78, 5) is 39.2. The minimum atomic E-state index is -0.599. The van der Waals surface area contributed by atoms with Gasteiger partial charge in [0, 0.05) is 5.69 Å². The van der Waals surface area contributed by atoms with Crippen LogP contribution >= 0.6 is 23.2 Å². The first-order valence-corrected chi connectivity index (χ1v) is 10.7. The van der Waals surface area contributed by atoms with Gasteiger partial charge in [-0.3, -0.25) is 9.59 Å². The predicted molar refractivity (Wildman–Crippen MR) is 128 cm³/mol. The number of esters is 1. The van der Waals surface area contributed by atoms with Crippen LogP contribution in [-0.4, -0.2) is 17.8 Å². The highest BCUT2D eigenvalue weighted by Gasteiger charge is 2.39. The molecule has 0 unspecified atom stereocenters. The summed E-state index contributed by atoms with van der Waals surface area (Å²) < 4.78 is 5.31. The maximum Gasteiger partial charge on any atom is 0.343 e. The summed E-state index contributed by atoms with van der Waals surface area (Å²) in [5.74, 6) is -1.48. The molecule has 4 rings (SSSR count). The van der Waals surface area contributed by atoms with Crippen molar-refractivity contribution in [1.82, 2.24) is 0 Å². The van der Waals surface area contributed by atoms with Gasteiger partial charge in [0.2, 0.25) is 0 Å². The molecule has 0 radical (unpaired) electrons. The Morgan fingerprint density at radius 2 is 1.61 bits per heavy atom. The second kappa shape index (κ2) is 9.10. The molecule has 2 amide bonds. The number of anilines is 2. The molecule has 3 aromatic rings. The molecule has 0 spiro atoms. The zero-order chi connectivity index (χ0) is 23.7. The number of carbonyl (C=O) groups is 3. The van der Waals surface area contributed by atoms with Gasteiger partial charge < -0.3 is 10.1 Å². The first kappa shape index (κ1) is 22.6. The molecular formula is C25H18Cl2N2O4. The van der Waals surface area contributed by atoms with Gasteiger partial charge in [-0.15, -0.1) is 0 Å². The number of para-hydroxylation sites is 1. The van der Waals surface area contributed by atoms with Crippen molar-refractivity contribution in [3.63, 3.8) is 0 Å². The van der Waals surface area contributed by atoms with Crippen molar-refractivity contribution in [2.75, 3.05) is 10.2 Å². The molecule has 1 heterocycles. The first-order valence-electron chi connectivity index (χ1n) is 9.96. The Hall–Kier alpha value is -3.61. The monoisotopic (exact) mass is 480 g/mol. The van der Waals surface area contributed by atoms with Crippen LogP contribution in [0.3, 0.4) is 0 Å². The van der Waals surface area contributed by atoms with Crippen LogP contribution in [0, 0.1) is 13.8 Å². The molecule has 1 N–H and O–H groups in total. The van der Waals surface area contributed by atoms with Crippen LogP contribution in [0.2, 0.25) is 5.02 Å². The van der Waals surface area contributed by atoms with E-state index in [1.807, 2.05) is 26.0 Å². The average molecular weight is 481 g/mol. The summed E-state index contributed by atoms with van der Waals surface area (Å²) in [5, 5.41) is 3.01. The second-order valence-corrected chi connectivity index (χ2v) is 8.23. The van der Waals surface area contributed by atoms with Crippen LogP contribution in [0.15, 0.2) is 77.5 Å². The Kier molecular flexibility index (Phi) is 6.22. The van der Waals surface area contributed by atoms with Crippen molar-refractivity contribution in [2.24, 2.45) is 0 Å². The summed E-state index contributed by atoms with van der Waals surface area (Å²) in [6.07, 6.45) is 0. The zero-order valence-corrected chi connectivity index (χ0v) is 19.2. The number of halogens is 2. The number of nitrogens with zero attached hydrogens (tertiary/aromatic N) is 1. The molecule has 8 heteroatoms. The Morgan fingerprint density at radius 3 is 2.30 bits per heavy atom. The number of hydrogen-bond donors (Lipinski definition) is 1. The lowest BCUT2D eigenvalue weighted by Crippen LogP contribution is -2.32. The van der Waals surface area contributed by atoms with E-state index in [0.717, 1.165) is 16.0 Å². The van der Waals surface area contributed by atoms with Gasteiger partial charge in [-0.25, -0.2) is 9.69 Å². The molecule has 0 aliphatic carbocycles. The summed E-state index contributed by atoms with van der Waals surface area (Å²) in [5.41, 5.74) is 2.89. The average Bonchev–Trinajstić information content (AvgIpc) is 3.00. The number of amides is 2. The van der Waals surface area contributed by atoms with Crippen molar-refractivity contribution >= 4 is 52.4 Å². The summed E-state index contributed by atoms with van der Waals surface area (Å²) in [6, 6.07) is 18.4. The number of imide groups is 1. The summed E-state index contributed by atoms with van der Waals surface area (Å²) >= 11 is 12.2. The molecule has 0 saturated heterocycles. The van der Waals surface area contributed by atoms with Crippen molar-refractivity contribution in [3.8, 4) is 5.75 Å². The largest absolute Gasteiger partial charge is 0.421 e. The highest BCUT2D eigenvalue weighted by atomic mass is 35.5. The third kappa shape index (κ3) is 4.49. The quantitative estimate of drug-likeness (QED) is 0.291. The minimum Gasteiger partial charge on any atom is -0.421 e. The molecule has 0 bridgehead atoms. The van der Waals surface area contributed by atoms with E-state index in [9.17, 15) is 14.4 Å². The van der Waals surface area contributed by atoms with Crippen LogP contribution in [0.5, 0.6) is 5.75 Å². The molecule has 166 valence electrons. The predicted octanol–water partition coefficient (Wildman–Crippen LogP) is 5.61. The molecule has 6 nitrogen and oxygen atoms in total. The maximum atomic E-state index is 13.0. The topological polar surface area (TPSA) is 75.7 Å². The normalized spacial score (nSPS) is 13.5. The van der Waals surface area contributed by atoms with Gasteiger partial charge in [0.15, 0.2) is 0 Å². The van der Waals surface area contributed by atoms with Crippen molar-refractivity contribution in [3.05, 3.63) is 99.2 Å².